The van der Waals surface area contributed by atoms with Crippen LogP contribution in [0, 0.1) is 5.92 Å². The molecular weight excluding hydrogens is 220 g/mol. The molecule has 2 N–H and O–H groups in total. The summed E-state index contributed by atoms with van der Waals surface area (Å²) in [5, 5.41) is 5.40. The van der Waals surface area contributed by atoms with Crippen LogP contribution in [0.25, 0.3) is 0 Å². The van der Waals surface area contributed by atoms with Crippen molar-refractivity contribution in [2.45, 2.75) is 6.42 Å². The van der Waals surface area contributed by atoms with E-state index in [1.165, 1.54) is 0 Å². The van der Waals surface area contributed by atoms with E-state index in [9.17, 15) is 9.59 Å². The van der Waals surface area contributed by atoms with Gasteiger partial charge in [0.05, 0.1) is 18.7 Å². The minimum Gasteiger partial charge on any atom is -0.495 e. The van der Waals surface area contributed by atoms with Gasteiger partial charge in [-0.25, -0.2) is 0 Å². The Hall–Kier alpha value is -2.04. The summed E-state index contributed by atoms with van der Waals surface area (Å²) in [6.45, 7) is 0.403. The quantitative estimate of drug-likeness (QED) is 0.811. The van der Waals surface area contributed by atoms with Gasteiger partial charge in [-0.3, -0.25) is 9.59 Å². The van der Waals surface area contributed by atoms with Gasteiger partial charge in [-0.15, -0.1) is 0 Å². The molecule has 1 atom stereocenters. The Morgan fingerprint density at radius 1 is 1.47 bits per heavy atom. The van der Waals surface area contributed by atoms with Gasteiger partial charge in [-0.05, 0) is 12.1 Å². The van der Waals surface area contributed by atoms with E-state index in [1.807, 2.05) is 12.1 Å². The molecule has 5 heteroatoms. The first-order valence-electron chi connectivity index (χ1n) is 5.41. The van der Waals surface area contributed by atoms with Crippen molar-refractivity contribution in [1.82, 2.24) is 5.32 Å². The van der Waals surface area contributed by atoms with Gasteiger partial charge >= 0.3 is 0 Å². The van der Waals surface area contributed by atoms with Crippen molar-refractivity contribution in [3.63, 3.8) is 0 Å². The fourth-order valence-electron chi connectivity index (χ4n) is 1.77. The number of anilines is 1. The Morgan fingerprint density at radius 2 is 2.24 bits per heavy atom. The molecule has 1 saturated heterocycles. The second-order valence-electron chi connectivity index (χ2n) is 3.89. The number of carbonyl (C=O) groups is 2. The molecule has 0 aliphatic carbocycles. The molecule has 0 saturated carbocycles. The standard InChI is InChI=1S/C12H14N2O3/c1-17-10-5-3-2-4-9(10)14-12(16)8-6-11(15)13-7-8/h2-5,8H,6-7H2,1H3,(H,13,15)(H,14,16). The first kappa shape index (κ1) is 11.4. The second kappa shape index (κ2) is 4.86. The zero-order chi connectivity index (χ0) is 12.3. The predicted octanol–water partition coefficient (Wildman–Crippen LogP) is 0.770. The van der Waals surface area contributed by atoms with E-state index >= 15 is 0 Å². The Bertz CT molecular complexity index is 445. The minimum atomic E-state index is -0.299. The monoisotopic (exact) mass is 234 g/mol. The number of ether oxygens (including phenoxy) is 1. The van der Waals surface area contributed by atoms with Crippen molar-refractivity contribution in [1.29, 1.82) is 0 Å². The summed E-state index contributed by atoms with van der Waals surface area (Å²) < 4.78 is 5.13. The molecule has 1 aliphatic rings. The molecule has 1 aliphatic heterocycles. The maximum absolute atomic E-state index is 11.9. The predicted molar refractivity (Wildman–Crippen MR) is 62.7 cm³/mol. The molecule has 1 fully saturated rings. The van der Waals surface area contributed by atoms with Gasteiger partial charge in [0.2, 0.25) is 11.8 Å². The fraction of sp³-hybridized carbons (Fsp3) is 0.333. The van der Waals surface area contributed by atoms with Crippen LogP contribution in [0.4, 0.5) is 5.69 Å². The van der Waals surface area contributed by atoms with Gasteiger partial charge in [-0.2, -0.15) is 0 Å². The molecule has 1 unspecified atom stereocenters. The van der Waals surface area contributed by atoms with Gasteiger partial charge in [0.1, 0.15) is 5.75 Å². The molecular formula is C12H14N2O3. The van der Waals surface area contributed by atoms with E-state index in [2.05, 4.69) is 10.6 Å². The number of carbonyl (C=O) groups excluding carboxylic acids is 2. The average molecular weight is 234 g/mol. The molecule has 2 amide bonds. The maximum Gasteiger partial charge on any atom is 0.229 e. The third kappa shape index (κ3) is 2.55. The number of methoxy groups -OCH3 is 1. The van der Waals surface area contributed by atoms with Crippen molar-refractivity contribution in [2.24, 2.45) is 5.92 Å². The van der Waals surface area contributed by atoms with Crippen LogP contribution >= 0.6 is 0 Å². The average Bonchev–Trinajstić information content (AvgIpc) is 2.77. The van der Waals surface area contributed by atoms with Crippen molar-refractivity contribution < 1.29 is 14.3 Å². The molecule has 1 aromatic carbocycles. The summed E-state index contributed by atoms with van der Waals surface area (Å²) in [7, 11) is 1.55. The molecule has 0 radical (unpaired) electrons. The topological polar surface area (TPSA) is 67.4 Å². The van der Waals surface area contributed by atoms with Gasteiger partial charge in [-0.1, -0.05) is 12.1 Å². The summed E-state index contributed by atoms with van der Waals surface area (Å²) >= 11 is 0. The Morgan fingerprint density at radius 3 is 2.88 bits per heavy atom. The van der Waals surface area contributed by atoms with Crippen molar-refractivity contribution in [3.05, 3.63) is 24.3 Å². The summed E-state index contributed by atoms with van der Waals surface area (Å²) in [6, 6.07) is 7.18. The van der Waals surface area contributed by atoms with Gasteiger partial charge in [0, 0.05) is 13.0 Å². The Balaban J connectivity index is 2.05. The van der Waals surface area contributed by atoms with Crippen molar-refractivity contribution in [2.75, 3.05) is 19.0 Å². The summed E-state index contributed by atoms with van der Waals surface area (Å²) in [5.41, 5.74) is 0.624. The summed E-state index contributed by atoms with van der Waals surface area (Å²) in [6.07, 6.45) is 0.251. The summed E-state index contributed by atoms with van der Waals surface area (Å²) in [4.78, 5) is 22.9. The second-order valence-corrected chi connectivity index (χ2v) is 3.89. The van der Waals surface area contributed by atoms with E-state index in [0.717, 1.165) is 0 Å². The van der Waals surface area contributed by atoms with E-state index in [-0.39, 0.29) is 24.2 Å². The third-order valence-electron chi connectivity index (χ3n) is 2.71. The molecule has 1 heterocycles. The maximum atomic E-state index is 11.9. The van der Waals surface area contributed by atoms with E-state index in [0.29, 0.717) is 18.0 Å². The summed E-state index contributed by atoms with van der Waals surface area (Å²) in [5.74, 6) is 0.0728. The number of nitrogens with one attached hydrogen (secondary N) is 2. The molecule has 0 spiro atoms. The molecule has 90 valence electrons. The van der Waals surface area contributed by atoms with Crippen LogP contribution < -0.4 is 15.4 Å². The van der Waals surface area contributed by atoms with Crippen LogP contribution in [-0.2, 0) is 9.59 Å². The first-order chi connectivity index (χ1) is 8.20. The number of para-hydroxylation sites is 2. The Kier molecular flexibility index (Phi) is 3.27. The van der Waals surface area contributed by atoms with Gasteiger partial charge < -0.3 is 15.4 Å². The van der Waals surface area contributed by atoms with E-state index in [4.69, 9.17) is 4.74 Å². The van der Waals surface area contributed by atoms with Crippen LogP contribution in [0.15, 0.2) is 24.3 Å². The SMILES string of the molecule is COc1ccccc1NC(=O)C1CNC(=O)C1. The van der Waals surface area contributed by atoms with Crippen LogP contribution in [0.3, 0.4) is 0 Å². The fourth-order valence-corrected chi connectivity index (χ4v) is 1.77. The number of hydrogen-bond donors (Lipinski definition) is 2. The van der Waals surface area contributed by atoms with E-state index in [1.54, 1.807) is 19.2 Å². The number of amides is 2. The largest absolute Gasteiger partial charge is 0.495 e. The molecule has 17 heavy (non-hydrogen) atoms. The third-order valence-corrected chi connectivity index (χ3v) is 2.71. The van der Waals surface area contributed by atoms with Crippen LogP contribution in [-0.4, -0.2) is 25.5 Å². The van der Waals surface area contributed by atoms with Gasteiger partial charge in [0.25, 0.3) is 0 Å². The highest BCUT2D eigenvalue weighted by atomic mass is 16.5. The Labute approximate surface area is 99.2 Å². The van der Waals surface area contributed by atoms with Crippen molar-refractivity contribution >= 4 is 17.5 Å². The zero-order valence-electron chi connectivity index (χ0n) is 9.53. The normalized spacial score (nSPS) is 18.6. The number of rotatable bonds is 3. The van der Waals surface area contributed by atoms with Gasteiger partial charge in [0.15, 0.2) is 0 Å². The highest BCUT2D eigenvalue weighted by Crippen LogP contribution is 2.24. The smallest absolute Gasteiger partial charge is 0.229 e. The van der Waals surface area contributed by atoms with Crippen LogP contribution in [0.1, 0.15) is 6.42 Å². The number of benzene rings is 1. The highest BCUT2D eigenvalue weighted by molar-refractivity contribution is 5.98. The van der Waals surface area contributed by atoms with Crippen LogP contribution in [0.2, 0.25) is 0 Å². The first-order valence-corrected chi connectivity index (χ1v) is 5.41. The molecule has 0 bridgehead atoms. The lowest BCUT2D eigenvalue weighted by molar-refractivity contribution is -0.123. The van der Waals surface area contributed by atoms with E-state index < -0.39 is 0 Å². The molecule has 2 rings (SSSR count). The van der Waals surface area contributed by atoms with Crippen molar-refractivity contribution in [3.8, 4) is 5.75 Å². The zero-order valence-corrected chi connectivity index (χ0v) is 9.53. The minimum absolute atomic E-state index is 0.0785. The molecule has 5 nitrogen and oxygen atoms in total. The number of hydrogen-bond acceptors (Lipinski definition) is 3. The highest BCUT2D eigenvalue weighted by Gasteiger charge is 2.28. The lowest BCUT2D eigenvalue weighted by Crippen LogP contribution is -2.24. The molecule has 0 aromatic heterocycles. The molecule has 1 aromatic rings. The lowest BCUT2D eigenvalue weighted by atomic mass is 10.1. The van der Waals surface area contributed by atoms with Crippen LogP contribution in [0.5, 0.6) is 5.75 Å². The lowest BCUT2D eigenvalue weighted by Gasteiger charge is -2.12.